The van der Waals surface area contributed by atoms with Gasteiger partial charge in [0, 0.05) is 39.1 Å². The Morgan fingerprint density at radius 1 is 0.889 bits per heavy atom. The maximum Gasteiger partial charge on any atom is 0.223 e. The van der Waals surface area contributed by atoms with E-state index in [0.29, 0.717) is 39.1 Å². The number of nitrogens with two attached hydrogens (primary N) is 1. The van der Waals surface area contributed by atoms with E-state index in [1.807, 2.05) is 4.90 Å². The van der Waals surface area contributed by atoms with Crippen molar-refractivity contribution in [1.82, 2.24) is 9.80 Å². The van der Waals surface area contributed by atoms with Gasteiger partial charge in [0.25, 0.3) is 0 Å². The van der Waals surface area contributed by atoms with Gasteiger partial charge in [-0.3, -0.25) is 9.69 Å². The van der Waals surface area contributed by atoms with Crippen LogP contribution in [-0.2, 0) is 4.79 Å². The molecule has 1 aliphatic rings. The molecule has 0 saturated carbocycles. The van der Waals surface area contributed by atoms with Gasteiger partial charge in [-0.1, -0.05) is 24.3 Å². The molecule has 0 radical (unpaired) electrons. The van der Waals surface area contributed by atoms with Crippen molar-refractivity contribution >= 4 is 18.3 Å². The van der Waals surface area contributed by atoms with Crippen LogP contribution in [-0.4, -0.2) is 48.4 Å². The summed E-state index contributed by atoms with van der Waals surface area (Å²) in [4.78, 5) is 16.1. The first-order chi connectivity index (χ1) is 12.6. The summed E-state index contributed by atoms with van der Waals surface area (Å²) in [6.45, 7) is 2.98. The molecule has 1 saturated heterocycles. The quantitative estimate of drug-likeness (QED) is 0.846. The fraction of sp³-hybridized carbons (Fsp3) is 0.350. The van der Waals surface area contributed by atoms with Crippen molar-refractivity contribution in [2.75, 3.05) is 32.7 Å². The van der Waals surface area contributed by atoms with Crippen LogP contribution in [0.15, 0.2) is 48.5 Å². The van der Waals surface area contributed by atoms with Gasteiger partial charge < -0.3 is 10.6 Å². The fourth-order valence-electron chi connectivity index (χ4n) is 3.42. The molecule has 0 atom stereocenters. The van der Waals surface area contributed by atoms with Gasteiger partial charge in [0.1, 0.15) is 11.6 Å². The lowest BCUT2D eigenvalue weighted by Crippen LogP contribution is -2.50. The zero-order valence-corrected chi connectivity index (χ0v) is 15.8. The molecular weight excluding hydrogens is 372 g/mol. The second-order valence-electron chi connectivity index (χ2n) is 6.46. The lowest BCUT2D eigenvalue weighted by Gasteiger charge is -2.39. The Labute approximate surface area is 164 Å². The minimum atomic E-state index is -0.288. The van der Waals surface area contributed by atoms with Crippen molar-refractivity contribution in [3.8, 4) is 0 Å². The summed E-state index contributed by atoms with van der Waals surface area (Å²) in [5, 5.41) is 0. The molecule has 4 nitrogen and oxygen atoms in total. The number of benzene rings is 2. The van der Waals surface area contributed by atoms with Crippen LogP contribution in [0, 0.1) is 11.6 Å². The predicted molar refractivity (Wildman–Crippen MR) is 104 cm³/mol. The van der Waals surface area contributed by atoms with Crippen LogP contribution >= 0.6 is 12.4 Å². The normalized spacial score (nSPS) is 14.9. The van der Waals surface area contributed by atoms with Crippen LogP contribution in [0.1, 0.15) is 23.6 Å². The number of halogens is 3. The summed E-state index contributed by atoms with van der Waals surface area (Å²) in [7, 11) is 0. The summed E-state index contributed by atoms with van der Waals surface area (Å²) in [5.41, 5.74) is 7.36. The molecule has 0 unspecified atom stereocenters. The SMILES string of the molecule is Cl.NCCC(=O)N1CCN(C(c2ccc(F)cc2)c2ccc(F)cc2)CC1. The van der Waals surface area contributed by atoms with Crippen LogP contribution in [0.2, 0.25) is 0 Å². The Balaban J connectivity index is 0.00000261. The highest BCUT2D eigenvalue weighted by Crippen LogP contribution is 2.30. The third kappa shape index (κ3) is 5.25. The molecule has 146 valence electrons. The Bertz CT molecular complexity index is 686. The summed E-state index contributed by atoms with van der Waals surface area (Å²) >= 11 is 0. The largest absolute Gasteiger partial charge is 0.340 e. The lowest BCUT2D eigenvalue weighted by atomic mass is 9.96. The molecule has 1 amide bonds. The molecule has 0 spiro atoms. The maximum absolute atomic E-state index is 13.3. The van der Waals surface area contributed by atoms with Crippen LogP contribution in [0.25, 0.3) is 0 Å². The first-order valence-electron chi connectivity index (χ1n) is 8.81. The molecule has 1 fully saturated rings. The molecule has 1 heterocycles. The summed E-state index contributed by atoms with van der Waals surface area (Å²) in [6, 6.07) is 12.7. The average molecular weight is 396 g/mol. The highest BCUT2D eigenvalue weighted by molar-refractivity contribution is 5.85. The monoisotopic (exact) mass is 395 g/mol. The molecule has 27 heavy (non-hydrogen) atoms. The van der Waals surface area contributed by atoms with Crippen LogP contribution in [0.3, 0.4) is 0 Å². The van der Waals surface area contributed by atoms with Gasteiger partial charge in [-0.2, -0.15) is 0 Å². The lowest BCUT2D eigenvalue weighted by molar-refractivity contribution is -0.132. The van der Waals surface area contributed by atoms with Crippen LogP contribution < -0.4 is 5.73 Å². The first kappa shape index (κ1) is 21.3. The molecular formula is C20H24ClF2N3O. The van der Waals surface area contributed by atoms with Crippen LogP contribution in [0.4, 0.5) is 8.78 Å². The van der Waals surface area contributed by atoms with E-state index < -0.39 is 0 Å². The van der Waals surface area contributed by atoms with Crippen molar-refractivity contribution in [3.63, 3.8) is 0 Å². The van der Waals surface area contributed by atoms with Crippen molar-refractivity contribution in [2.45, 2.75) is 12.5 Å². The topological polar surface area (TPSA) is 49.6 Å². The van der Waals surface area contributed by atoms with E-state index in [4.69, 9.17) is 5.73 Å². The smallest absolute Gasteiger partial charge is 0.223 e. The van der Waals surface area contributed by atoms with Gasteiger partial charge >= 0.3 is 0 Å². The van der Waals surface area contributed by atoms with Gasteiger partial charge in [0.05, 0.1) is 6.04 Å². The van der Waals surface area contributed by atoms with Crippen molar-refractivity contribution < 1.29 is 13.6 Å². The van der Waals surface area contributed by atoms with Gasteiger partial charge in [-0.15, -0.1) is 12.4 Å². The van der Waals surface area contributed by atoms with Crippen molar-refractivity contribution in [2.24, 2.45) is 5.73 Å². The minimum absolute atomic E-state index is 0. The number of carbonyl (C=O) groups excluding carboxylic acids is 1. The van der Waals surface area contributed by atoms with Gasteiger partial charge in [0.15, 0.2) is 0 Å². The first-order valence-corrected chi connectivity index (χ1v) is 8.81. The Morgan fingerprint density at radius 3 is 1.74 bits per heavy atom. The molecule has 0 aromatic heterocycles. The van der Waals surface area contributed by atoms with Gasteiger partial charge in [0.2, 0.25) is 5.91 Å². The fourth-order valence-corrected chi connectivity index (χ4v) is 3.42. The third-order valence-corrected chi connectivity index (χ3v) is 4.76. The molecule has 2 aromatic carbocycles. The van der Waals surface area contributed by atoms with E-state index in [-0.39, 0.29) is 36.0 Å². The number of hydrogen-bond acceptors (Lipinski definition) is 3. The highest BCUT2D eigenvalue weighted by Gasteiger charge is 2.28. The van der Waals surface area contributed by atoms with E-state index in [0.717, 1.165) is 11.1 Å². The van der Waals surface area contributed by atoms with Crippen molar-refractivity contribution in [3.05, 3.63) is 71.3 Å². The van der Waals surface area contributed by atoms with E-state index in [1.165, 1.54) is 24.3 Å². The average Bonchev–Trinajstić information content (AvgIpc) is 2.66. The summed E-state index contributed by atoms with van der Waals surface area (Å²) < 4.78 is 26.7. The number of rotatable bonds is 5. The molecule has 7 heteroatoms. The van der Waals surface area contributed by atoms with E-state index in [9.17, 15) is 13.6 Å². The number of hydrogen-bond donors (Lipinski definition) is 1. The molecule has 1 aliphatic heterocycles. The maximum atomic E-state index is 13.3. The minimum Gasteiger partial charge on any atom is -0.340 e. The van der Waals surface area contributed by atoms with E-state index >= 15 is 0 Å². The Hall–Kier alpha value is -2.02. The van der Waals surface area contributed by atoms with Gasteiger partial charge in [-0.05, 0) is 35.4 Å². The van der Waals surface area contributed by atoms with E-state index in [2.05, 4.69) is 4.90 Å². The highest BCUT2D eigenvalue weighted by atomic mass is 35.5. The molecule has 3 rings (SSSR count). The Morgan fingerprint density at radius 2 is 1.33 bits per heavy atom. The zero-order valence-electron chi connectivity index (χ0n) is 15.0. The number of piperazine rings is 1. The predicted octanol–water partition coefficient (Wildman–Crippen LogP) is 2.97. The molecule has 0 aliphatic carbocycles. The summed E-state index contributed by atoms with van der Waals surface area (Å²) in [6.07, 6.45) is 0.360. The second kappa shape index (κ2) is 9.78. The molecule has 2 aromatic rings. The standard InChI is InChI=1S/C20H23F2N3O.ClH/c21-17-5-1-15(2-6-17)20(16-3-7-18(22)8-4-16)25-13-11-24(12-14-25)19(26)9-10-23;/h1-8,20H,9-14,23H2;1H. The molecule has 2 N–H and O–H groups in total. The number of carbonyl (C=O) groups is 1. The summed E-state index contributed by atoms with van der Waals surface area (Å²) in [5.74, 6) is -0.500. The second-order valence-corrected chi connectivity index (χ2v) is 6.46. The molecule has 0 bridgehead atoms. The number of nitrogens with zero attached hydrogens (tertiary/aromatic N) is 2. The van der Waals surface area contributed by atoms with Crippen molar-refractivity contribution in [1.29, 1.82) is 0 Å². The third-order valence-electron chi connectivity index (χ3n) is 4.76. The number of amides is 1. The zero-order chi connectivity index (χ0) is 18.5. The van der Waals surface area contributed by atoms with Crippen LogP contribution in [0.5, 0.6) is 0 Å². The Kier molecular flexibility index (Phi) is 7.71. The van der Waals surface area contributed by atoms with Gasteiger partial charge in [-0.25, -0.2) is 8.78 Å². The van der Waals surface area contributed by atoms with E-state index in [1.54, 1.807) is 24.3 Å².